The maximum atomic E-state index is 5.78. The minimum Gasteiger partial charge on any atom is -0.486 e. The maximum Gasteiger partial charge on any atom is 0.181 e. The van der Waals surface area contributed by atoms with Crippen LogP contribution in [-0.2, 0) is 0 Å². The Hall–Kier alpha value is -1.22. The zero-order valence-electron chi connectivity index (χ0n) is 8.40. The van der Waals surface area contributed by atoms with Crippen LogP contribution in [0.3, 0.4) is 0 Å². The third-order valence-corrected chi connectivity index (χ3v) is 2.29. The second kappa shape index (κ2) is 4.33. The first-order valence-corrected chi connectivity index (χ1v) is 5.10. The fourth-order valence-corrected chi connectivity index (χ4v) is 1.53. The maximum absolute atomic E-state index is 5.78. The molecule has 1 aromatic rings. The normalized spacial score (nSPS) is 19.4. The van der Waals surface area contributed by atoms with E-state index in [1.807, 2.05) is 24.3 Å². The van der Waals surface area contributed by atoms with E-state index < -0.39 is 0 Å². The van der Waals surface area contributed by atoms with E-state index in [-0.39, 0.29) is 6.10 Å². The predicted molar refractivity (Wildman–Crippen MR) is 53.7 cm³/mol. The molecule has 1 aromatic carbocycles. The third kappa shape index (κ3) is 1.99. The van der Waals surface area contributed by atoms with E-state index in [0.717, 1.165) is 24.6 Å². The molecular formula is C11H16NO2+. The molecule has 1 aliphatic rings. The van der Waals surface area contributed by atoms with Gasteiger partial charge in [-0.1, -0.05) is 12.1 Å². The average Bonchev–Trinajstić information content (AvgIpc) is 2.26. The number of para-hydroxylation sites is 2. The first kappa shape index (κ1) is 9.34. The van der Waals surface area contributed by atoms with Crippen LogP contribution in [0.1, 0.15) is 6.92 Å². The van der Waals surface area contributed by atoms with Gasteiger partial charge >= 0.3 is 0 Å². The van der Waals surface area contributed by atoms with Gasteiger partial charge in [0.25, 0.3) is 0 Å². The molecule has 2 N–H and O–H groups in total. The number of hydrogen-bond acceptors (Lipinski definition) is 2. The van der Waals surface area contributed by atoms with E-state index in [0.29, 0.717) is 6.61 Å². The van der Waals surface area contributed by atoms with Crippen LogP contribution in [0.2, 0.25) is 0 Å². The summed E-state index contributed by atoms with van der Waals surface area (Å²) in [7, 11) is 0. The van der Waals surface area contributed by atoms with Crippen molar-refractivity contribution in [3.8, 4) is 11.5 Å². The van der Waals surface area contributed by atoms with E-state index in [1.54, 1.807) is 0 Å². The summed E-state index contributed by atoms with van der Waals surface area (Å²) in [6.07, 6.45) is 0.185. The summed E-state index contributed by atoms with van der Waals surface area (Å²) >= 11 is 0. The van der Waals surface area contributed by atoms with Crippen LogP contribution in [0.4, 0.5) is 0 Å². The smallest absolute Gasteiger partial charge is 0.181 e. The molecule has 0 saturated carbocycles. The molecule has 0 unspecified atom stereocenters. The predicted octanol–water partition coefficient (Wildman–Crippen LogP) is 0.410. The van der Waals surface area contributed by atoms with E-state index in [9.17, 15) is 0 Å². The molecule has 2 rings (SSSR count). The summed E-state index contributed by atoms with van der Waals surface area (Å²) in [4.78, 5) is 0. The topological polar surface area (TPSA) is 35.1 Å². The summed E-state index contributed by atoms with van der Waals surface area (Å²) < 4.78 is 11.4. The Bertz CT molecular complexity index is 301. The molecule has 0 spiro atoms. The molecule has 3 nitrogen and oxygen atoms in total. The van der Waals surface area contributed by atoms with E-state index in [1.165, 1.54) is 0 Å². The van der Waals surface area contributed by atoms with Crippen molar-refractivity contribution in [2.45, 2.75) is 13.0 Å². The molecule has 0 bridgehead atoms. The molecule has 0 aliphatic carbocycles. The van der Waals surface area contributed by atoms with Crippen LogP contribution < -0.4 is 14.8 Å². The van der Waals surface area contributed by atoms with Crippen molar-refractivity contribution in [1.29, 1.82) is 0 Å². The van der Waals surface area contributed by atoms with Crippen molar-refractivity contribution < 1.29 is 14.8 Å². The summed E-state index contributed by atoms with van der Waals surface area (Å²) in [6.45, 7) is 4.84. The van der Waals surface area contributed by atoms with Gasteiger partial charge in [0.05, 0.1) is 6.54 Å². The van der Waals surface area contributed by atoms with E-state index in [4.69, 9.17) is 9.47 Å². The monoisotopic (exact) mass is 194 g/mol. The van der Waals surface area contributed by atoms with Gasteiger partial charge in [0.1, 0.15) is 13.2 Å². The largest absolute Gasteiger partial charge is 0.486 e. The van der Waals surface area contributed by atoms with Crippen molar-refractivity contribution >= 4 is 0 Å². The van der Waals surface area contributed by atoms with Crippen LogP contribution in [0.5, 0.6) is 11.5 Å². The second-order valence-electron chi connectivity index (χ2n) is 3.43. The van der Waals surface area contributed by atoms with Crippen LogP contribution in [0.15, 0.2) is 24.3 Å². The number of fused-ring (bicyclic) bond motifs is 1. The van der Waals surface area contributed by atoms with Gasteiger partial charge in [0.15, 0.2) is 17.6 Å². The molecule has 1 aliphatic heterocycles. The molecule has 0 saturated heterocycles. The SMILES string of the molecule is CC[NH2+]C[C@@H]1COc2ccccc2O1. The Morgan fingerprint density at radius 3 is 2.93 bits per heavy atom. The molecular weight excluding hydrogens is 178 g/mol. The average molecular weight is 194 g/mol. The summed E-state index contributed by atoms with van der Waals surface area (Å²) in [6, 6.07) is 7.82. The number of hydrogen-bond donors (Lipinski definition) is 1. The standard InChI is InChI=1S/C11H15NO2/c1-2-12-7-9-8-13-10-5-3-4-6-11(10)14-9/h3-6,9,12H,2,7-8H2,1H3/p+1/t9-/m1/s1. The Kier molecular flexibility index (Phi) is 2.89. The third-order valence-electron chi connectivity index (χ3n) is 2.29. The van der Waals surface area contributed by atoms with Crippen molar-refractivity contribution in [3.63, 3.8) is 0 Å². The first-order valence-electron chi connectivity index (χ1n) is 5.10. The van der Waals surface area contributed by atoms with Crippen molar-refractivity contribution in [2.24, 2.45) is 0 Å². The second-order valence-corrected chi connectivity index (χ2v) is 3.43. The van der Waals surface area contributed by atoms with Gasteiger partial charge in [-0.3, -0.25) is 0 Å². The zero-order valence-corrected chi connectivity index (χ0v) is 8.40. The molecule has 0 radical (unpaired) electrons. The van der Waals surface area contributed by atoms with Gasteiger partial charge in [-0.2, -0.15) is 0 Å². The van der Waals surface area contributed by atoms with E-state index >= 15 is 0 Å². The summed E-state index contributed by atoms with van der Waals surface area (Å²) in [5, 5.41) is 2.22. The quantitative estimate of drug-likeness (QED) is 0.756. The van der Waals surface area contributed by atoms with Crippen LogP contribution in [0, 0.1) is 0 Å². The Morgan fingerprint density at radius 1 is 1.36 bits per heavy atom. The number of ether oxygens (including phenoxy) is 2. The number of quaternary nitrogens is 1. The van der Waals surface area contributed by atoms with Gasteiger partial charge < -0.3 is 14.8 Å². The van der Waals surface area contributed by atoms with E-state index in [2.05, 4.69) is 12.2 Å². The van der Waals surface area contributed by atoms with Crippen LogP contribution in [0.25, 0.3) is 0 Å². The molecule has 1 atom stereocenters. The number of rotatable bonds is 3. The Balaban J connectivity index is 1.99. The summed E-state index contributed by atoms with van der Waals surface area (Å²) in [5.41, 5.74) is 0. The van der Waals surface area contributed by atoms with Gasteiger partial charge in [0.2, 0.25) is 0 Å². The molecule has 0 aromatic heterocycles. The van der Waals surface area contributed by atoms with Crippen LogP contribution in [-0.4, -0.2) is 25.8 Å². The highest BCUT2D eigenvalue weighted by atomic mass is 16.6. The van der Waals surface area contributed by atoms with Gasteiger partial charge in [0, 0.05) is 0 Å². The fourth-order valence-electron chi connectivity index (χ4n) is 1.53. The molecule has 14 heavy (non-hydrogen) atoms. The van der Waals surface area contributed by atoms with Crippen LogP contribution >= 0.6 is 0 Å². The van der Waals surface area contributed by atoms with Crippen molar-refractivity contribution in [3.05, 3.63) is 24.3 Å². The lowest BCUT2D eigenvalue weighted by Gasteiger charge is -2.25. The lowest BCUT2D eigenvalue weighted by atomic mass is 10.2. The van der Waals surface area contributed by atoms with Gasteiger partial charge in [-0.25, -0.2) is 0 Å². The van der Waals surface area contributed by atoms with Crippen molar-refractivity contribution in [1.82, 2.24) is 0 Å². The minimum absolute atomic E-state index is 0.185. The zero-order chi connectivity index (χ0) is 9.80. The highest BCUT2D eigenvalue weighted by Gasteiger charge is 2.21. The summed E-state index contributed by atoms with van der Waals surface area (Å²) in [5.74, 6) is 1.73. The van der Waals surface area contributed by atoms with Gasteiger partial charge in [-0.15, -0.1) is 0 Å². The lowest BCUT2D eigenvalue weighted by Crippen LogP contribution is -2.86. The Labute approximate surface area is 84.0 Å². The first-order chi connectivity index (χ1) is 6.90. The molecule has 3 heteroatoms. The lowest BCUT2D eigenvalue weighted by molar-refractivity contribution is -0.657. The minimum atomic E-state index is 0.185. The highest BCUT2D eigenvalue weighted by Crippen LogP contribution is 2.30. The fraction of sp³-hybridized carbons (Fsp3) is 0.455. The molecule has 76 valence electrons. The molecule has 0 amide bonds. The van der Waals surface area contributed by atoms with Gasteiger partial charge in [-0.05, 0) is 19.1 Å². The van der Waals surface area contributed by atoms with Crippen molar-refractivity contribution in [2.75, 3.05) is 19.7 Å². The highest BCUT2D eigenvalue weighted by molar-refractivity contribution is 5.40. The number of likely N-dealkylation sites (N-methyl/N-ethyl adjacent to an activating group) is 1. The Morgan fingerprint density at radius 2 is 2.14 bits per heavy atom. The number of nitrogens with two attached hydrogens (primary N) is 1. The number of benzene rings is 1. The molecule has 0 fully saturated rings. The molecule has 1 heterocycles.